The van der Waals surface area contributed by atoms with Crippen molar-refractivity contribution in [3.8, 4) is 0 Å². The molecule has 0 aliphatic heterocycles. The molecule has 4 nitrogen and oxygen atoms in total. The maximum Gasteiger partial charge on any atom is 1.00 e. The van der Waals surface area contributed by atoms with Gasteiger partial charge in [-0.15, -0.1) is 0 Å². The van der Waals surface area contributed by atoms with E-state index in [9.17, 15) is 0 Å². The summed E-state index contributed by atoms with van der Waals surface area (Å²) < 4.78 is 8.88. The third-order valence-corrected chi connectivity index (χ3v) is 0.940. The molecular weight excluding hydrogens is 218 g/mol. The van der Waals surface area contributed by atoms with Crippen molar-refractivity contribution < 1.29 is 72.1 Å². The van der Waals surface area contributed by atoms with Gasteiger partial charge in [0.1, 0.15) is 0 Å². The summed E-state index contributed by atoms with van der Waals surface area (Å²) in [6.07, 6.45) is 0. The normalized spacial score (nSPS) is 9.23. The zero-order valence-electron chi connectivity index (χ0n) is 8.58. The molecule has 0 amide bonds. The summed E-state index contributed by atoms with van der Waals surface area (Å²) in [5.41, 5.74) is 1.32. The smallest absolute Gasteiger partial charge is 1.00 e. The second kappa shape index (κ2) is 8.29. The van der Waals surface area contributed by atoms with Crippen molar-refractivity contribution in [1.82, 2.24) is 0 Å². The fourth-order valence-corrected chi connectivity index (χ4v) is 0.534. The molecule has 0 saturated carbocycles. The molecule has 70 valence electrons. The molecule has 0 aromatic heterocycles. The van der Waals surface area contributed by atoms with E-state index in [0.29, 0.717) is 0 Å². The Morgan fingerprint density at radius 3 is 1.62 bits per heavy atom. The van der Waals surface area contributed by atoms with Crippen LogP contribution in [0.25, 0.3) is 0 Å². The third kappa shape index (κ3) is 19.4. The van der Waals surface area contributed by atoms with Gasteiger partial charge >= 0.3 is 59.2 Å². The molecule has 0 fully saturated rings. The van der Waals surface area contributed by atoms with Gasteiger partial charge in [-0.1, -0.05) is 35.9 Å². The Hall–Kier alpha value is 0.966. The minimum atomic E-state index is -4.64. The second-order valence-corrected chi connectivity index (χ2v) is 3.19. The fourth-order valence-electron chi connectivity index (χ4n) is 0.534. The average Bonchev–Trinajstić information content (AvgIpc) is 1.85. The number of benzene rings is 1. The van der Waals surface area contributed by atoms with Gasteiger partial charge < -0.3 is 16.1 Å². The van der Waals surface area contributed by atoms with E-state index in [-0.39, 0.29) is 52.8 Å². The maximum atomic E-state index is 8.88. The van der Waals surface area contributed by atoms with Crippen molar-refractivity contribution in [2.24, 2.45) is 0 Å². The minimum Gasteiger partial charge on any atom is -1.00 e. The number of aryl methyl sites for hydroxylation is 1. The summed E-state index contributed by atoms with van der Waals surface area (Å²) in [5, 5.41) is 0. The van der Waals surface area contributed by atoms with Crippen molar-refractivity contribution in [2.45, 2.75) is 6.92 Å². The van der Waals surface area contributed by atoms with Gasteiger partial charge in [0.05, 0.1) is 0 Å². The Kier molecular flexibility index (Phi) is 10.5. The first-order valence-electron chi connectivity index (χ1n) is 3.19. The van der Waals surface area contributed by atoms with Crippen molar-refractivity contribution in [1.29, 1.82) is 0 Å². The molecule has 13 heavy (non-hydrogen) atoms. The van der Waals surface area contributed by atoms with Gasteiger partial charge in [-0.25, -0.2) is 4.57 Å². The molecule has 0 bridgehead atoms. The van der Waals surface area contributed by atoms with Crippen molar-refractivity contribution in [3.63, 3.8) is 0 Å². The van der Waals surface area contributed by atoms with Crippen molar-refractivity contribution in [2.75, 3.05) is 0 Å². The van der Waals surface area contributed by atoms with Gasteiger partial charge in [-0.3, -0.25) is 0 Å². The zero-order valence-corrected chi connectivity index (χ0v) is 11.6. The average molecular weight is 230 g/mol. The zero-order chi connectivity index (χ0) is 9.61. The Balaban J connectivity index is -0.000000159. The van der Waals surface area contributed by atoms with Crippen LogP contribution >= 0.6 is 7.82 Å². The first kappa shape index (κ1) is 16.4. The van der Waals surface area contributed by atoms with Gasteiger partial charge in [0, 0.05) is 0 Å². The van der Waals surface area contributed by atoms with E-state index < -0.39 is 7.82 Å². The molecule has 0 unspecified atom stereocenters. The van der Waals surface area contributed by atoms with E-state index in [0.717, 1.165) is 0 Å². The molecular formula is C7H12KO4P. The van der Waals surface area contributed by atoms with Crippen LogP contribution in [0.3, 0.4) is 0 Å². The SMILES string of the molecule is Cc1ccccc1.O=P(O)(O)O.[H-].[K+]. The van der Waals surface area contributed by atoms with Crippen molar-refractivity contribution in [3.05, 3.63) is 35.9 Å². The van der Waals surface area contributed by atoms with Crippen LogP contribution in [0.15, 0.2) is 30.3 Å². The van der Waals surface area contributed by atoms with Crippen LogP contribution in [-0.2, 0) is 4.57 Å². The molecule has 0 spiro atoms. The van der Waals surface area contributed by atoms with Crippen LogP contribution in [0.4, 0.5) is 0 Å². The maximum absolute atomic E-state index is 8.88. The number of rotatable bonds is 0. The summed E-state index contributed by atoms with van der Waals surface area (Å²) in [5.74, 6) is 0. The topological polar surface area (TPSA) is 77.8 Å². The standard InChI is InChI=1S/C7H8.K.H3O4P.H/c1-7-5-3-2-4-6-7;;1-5(2,3)4;/h2-6H,1H3;;(H3,1,2,3,4);/q;+1;;-1. The van der Waals surface area contributed by atoms with Crippen LogP contribution in [0.2, 0.25) is 0 Å². The predicted molar refractivity (Wildman–Crippen MR) is 46.6 cm³/mol. The molecule has 0 aliphatic rings. The Morgan fingerprint density at radius 2 is 1.46 bits per heavy atom. The Labute approximate surface area is 121 Å². The van der Waals surface area contributed by atoms with Crippen LogP contribution < -0.4 is 51.4 Å². The minimum absolute atomic E-state index is 0. The van der Waals surface area contributed by atoms with Crippen LogP contribution in [0.5, 0.6) is 0 Å². The molecule has 0 atom stereocenters. The molecule has 0 heterocycles. The fraction of sp³-hybridized carbons (Fsp3) is 0.143. The second-order valence-electron chi connectivity index (χ2n) is 2.17. The summed E-state index contributed by atoms with van der Waals surface area (Å²) in [6, 6.07) is 10.3. The first-order valence-corrected chi connectivity index (χ1v) is 4.76. The van der Waals surface area contributed by atoms with Crippen LogP contribution in [-0.4, -0.2) is 14.7 Å². The third-order valence-electron chi connectivity index (χ3n) is 0.940. The molecule has 3 N–H and O–H groups in total. The molecule has 1 aromatic carbocycles. The summed E-state index contributed by atoms with van der Waals surface area (Å²) in [4.78, 5) is 21.6. The quantitative estimate of drug-likeness (QED) is 0.362. The van der Waals surface area contributed by atoms with Gasteiger partial charge in [-0.2, -0.15) is 0 Å². The van der Waals surface area contributed by atoms with Crippen LogP contribution in [0, 0.1) is 6.92 Å². The summed E-state index contributed by atoms with van der Waals surface area (Å²) >= 11 is 0. The van der Waals surface area contributed by atoms with Gasteiger partial charge in [0.25, 0.3) is 0 Å². The van der Waals surface area contributed by atoms with E-state index in [2.05, 4.69) is 19.1 Å². The molecule has 6 heteroatoms. The van der Waals surface area contributed by atoms with E-state index >= 15 is 0 Å². The Morgan fingerprint density at radius 1 is 1.15 bits per heavy atom. The molecule has 0 radical (unpaired) electrons. The number of hydrogen-bond donors (Lipinski definition) is 3. The van der Waals surface area contributed by atoms with E-state index in [4.69, 9.17) is 19.2 Å². The summed E-state index contributed by atoms with van der Waals surface area (Å²) in [6.45, 7) is 2.08. The largest absolute Gasteiger partial charge is 1.00 e. The first-order chi connectivity index (χ1) is 5.39. The number of hydrogen-bond acceptors (Lipinski definition) is 1. The molecule has 0 saturated heterocycles. The molecule has 0 aliphatic carbocycles. The van der Waals surface area contributed by atoms with Gasteiger partial charge in [0.2, 0.25) is 0 Å². The van der Waals surface area contributed by atoms with E-state index in [1.165, 1.54) is 5.56 Å². The Bertz CT molecular complexity index is 255. The van der Waals surface area contributed by atoms with E-state index in [1.807, 2.05) is 18.2 Å². The number of phosphoric acid groups is 1. The van der Waals surface area contributed by atoms with Crippen LogP contribution in [0.1, 0.15) is 6.99 Å². The van der Waals surface area contributed by atoms with Gasteiger partial charge in [-0.05, 0) is 6.92 Å². The molecule has 1 rings (SSSR count). The summed E-state index contributed by atoms with van der Waals surface area (Å²) in [7, 11) is -4.64. The van der Waals surface area contributed by atoms with E-state index in [1.54, 1.807) is 0 Å². The monoisotopic (exact) mass is 230 g/mol. The van der Waals surface area contributed by atoms with Gasteiger partial charge in [0.15, 0.2) is 0 Å². The predicted octanol–water partition coefficient (Wildman–Crippen LogP) is -1.82. The van der Waals surface area contributed by atoms with Crippen molar-refractivity contribution >= 4 is 7.82 Å². The molecule has 1 aromatic rings.